The quantitative estimate of drug-likeness (QED) is 0.388. The van der Waals surface area contributed by atoms with E-state index in [1.54, 1.807) is 0 Å². The van der Waals surface area contributed by atoms with Gasteiger partial charge in [-0.2, -0.15) is 0 Å². The van der Waals surface area contributed by atoms with E-state index in [4.69, 9.17) is 4.74 Å². The Morgan fingerprint density at radius 1 is 0.923 bits per heavy atom. The summed E-state index contributed by atoms with van der Waals surface area (Å²) >= 11 is 7.40. The monoisotopic (exact) mass is 468 g/mol. The Balaban J connectivity index is 1.85. The zero-order chi connectivity index (χ0) is 17.9. The van der Waals surface area contributed by atoms with E-state index in [0.717, 1.165) is 42.2 Å². The lowest BCUT2D eigenvalue weighted by Gasteiger charge is -2.39. The van der Waals surface area contributed by atoms with Crippen molar-refractivity contribution in [3.8, 4) is 5.75 Å². The summed E-state index contributed by atoms with van der Waals surface area (Å²) in [5, 5.41) is 2.13. The van der Waals surface area contributed by atoms with Crippen LogP contribution in [0.2, 0.25) is 0 Å². The number of ketones is 1. The van der Waals surface area contributed by atoms with Gasteiger partial charge in [0.05, 0.1) is 12.0 Å². The van der Waals surface area contributed by atoms with Crippen molar-refractivity contribution in [2.24, 2.45) is 0 Å². The molecule has 2 aliphatic rings. The van der Waals surface area contributed by atoms with Crippen LogP contribution in [0.3, 0.4) is 0 Å². The fraction of sp³-hybridized carbons (Fsp3) is 0.136. The third kappa shape index (κ3) is 2.12. The molecule has 5 rings (SSSR count). The minimum Gasteiger partial charge on any atom is -0.493 e. The highest BCUT2D eigenvalue weighted by molar-refractivity contribution is 9.15. The van der Waals surface area contributed by atoms with Crippen LogP contribution in [0.25, 0.3) is 15.3 Å². The summed E-state index contributed by atoms with van der Waals surface area (Å²) < 4.78 is 8.02. The maximum absolute atomic E-state index is 13.6. The number of rotatable bonds is 0. The van der Waals surface area contributed by atoms with Crippen molar-refractivity contribution in [3.05, 3.63) is 81.8 Å². The van der Waals surface area contributed by atoms with Crippen LogP contribution in [-0.2, 0) is 5.41 Å². The van der Waals surface area contributed by atoms with Crippen LogP contribution in [0.5, 0.6) is 5.75 Å². The third-order valence-electron chi connectivity index (χ3n) is 5.38. The Labute approximate surface area is 168 Å². The van der Waals surface area contributed by atoms with Crippen LogP contribution >= 0.6 is 31.9 Å². The van der Waals surface area contributed by atoms with Gasteiger partial charge in [0.25, 0.3) is 0 Å². The van der Waals surface area contributed by atoms with Crippen molar-refractivity contribution in [1.29, 1.82) is 0 Å². The van der Waals surface area contributed by atoms with Crippen molar-refractivity contribution in [2.75, 3.05) is 6.61 Å². The molecule has 1 unspecified atom stereocenters. The minimum atomic E-state index is -0.701. The van der Waals surface area contributed by atoms with Crippen molar-refractivity contribution >= 4 is 52.9 Å². The van der Waals surface area contributed by atoms with E-state index in [-0.39, 0.29) is 5.78 Å². The van der Waals surface area contributed by atoms with Gasteiger partial charge in [-0.05, 0) is 17.0 Å². The van der Waals surface area contributed by atoms with E-state index >= 15 is 0 Å². The summed E-state index contributed by atoms with van der Waals surface area (Å²) in [6.45, 7) is 0.517. The summed E-state index contributed by atoms with van der Waals surface area (Å²) in [4.78, 5) is 13.6. The number of hydrogen-bond acceptors (Lipinski definition) is 2. The van der Waals surface area contributed by atoms with Crippen LogP contribution in [0.4, 0.5) is 0 Å². The van der Waals surface area contributed by atoms with Crippen LogP contribution in [0.1, 0.15) is 27.9 Å². The number of Topliss-reactive ketones (excluding diaryl/α,β-unsaturated/α-hetero) is 1. The first-order chi connectivity index (χ1) is 12.6. The van der Waals surface area contributed by atoms with E-state index in [1.807, 2.05) is 36.4 Å². The fourth-order valence-electron chi connectivity index (χ4n) is 4.12. The van der Waals surface area contributed by atoms with E-state index in [1.165, 1.54) is 0 Å². The van der Waals surface area contributed by atoms with Crippen LogP contribution in [0.15, 0.2) is 65.1 Å². The average molecular weight is 470 g/mol. The van der Waals surface area contributed by atoms with Crippen LogP contribution in [0, 0.1) is 0 Å². The first-order valence-electron chi connectivity index (χ1n) is 8.49. The molecule has 1 spiro atoms. The summed E-state index contributed by atoms with van der Waals surface area (Å²) in [5.74, 6) is 0.961. The molecule has 26 heavy (non-hydrogen) atoms. The van der Waals surface area contributed by atoms with Crippen molar-refractivity contribution in [3.63, 3.8) is 0 Å². The molecular formula is C22H14Br2O2. The second-order valence-corrected chi connectivity index (χ2v) is 8.43. The van der Waals surface area contributed by atoms with E-state index in [2.05, 4.69) is 56.1 Å². The maximum atomic E-state index is 13.6. The zero-order valence-corrected chi connectivity index (χ0v) is 16.9. The molecule has 0 saturated heterocycles. The van der Waals surface area contributed by atoms with Gasteiger partial charge in [-0.15, -0.1) is 0 Å². The van der Waals surface area contributed by atoms with Gasteiger partial charge in [-0.1, -0.05) is 86.5 Å². The summed E-state index contributed by atoms with van der Waals surface area (Å²) in [5.41, 5.74) is 1.95. The molecule has 1 aliphatic heterocycles. The molecule has 0 amide bonds. The SMILES string of the molecule is O=C1c2ccccc2C(Br)=CC12CCOc1c2cc(Br)c2ccccc12. The number of allylic oxidation sites excluding steroid dienone is 1. The molecule has 0 N–H and O–H groups in total. The Morgan fingerprint density at radius 3 is 2.42 bits per heavy atom. The number of carbonyl (C=O) groups is 1. The number of hydrogen-bond donors (Lipinski definition) is 0. The van der Waals surface area contributed by atoms with Crippen molar-refractivity contribution in [1.82, 2.24) is 0 Å². The molecule has 0 bridgehead atoms. The third-order valence-corrected chi connectivity index (χ3v) is 6.69. The average Bonchev–Trinajstić information content (AvgIpc) is 2.67. The number of fused-ring (bicyclic) bond motifs is 5. The molecule has 3 aromatic carbocycles. The molecule has 1 heterocycles. The number of ether oxygens (including phenoxy) is 1. The van der Waals surface area contributed by atoms with Gasteiger partial charge in [-0.3, -0.25) is 4.79 Å². The topological polar surface area (TPSA) is 26.3 Å². The van der Waals surface area contributed by atoms with E-state index < -0.39 is 5.41 Å². The first kappa shape index (κ1) is 16.3. The summed E-state index contributed by atoms with van der Waals surface area (Å²) in [6, 6.07) is 18.0. The predicted octanol–water partition coefficient (Wildman–Crippen LogP) is 6.25. The van der Waals surface area contributed by atoms with Gasteiger partial charge >= 0.3 is 0 Å². The molecule has 128 valence electrons. The van der Waals surface area contributed by atoms with E-state index in [0.29, 0.717) is 13.0 Å². The van der Waals surface area contributed by atoms with Crippen molar-refractivity contribution in [2.45, 2.75) is 11.8 Å². The first-order valence-corrected chi connectivity index (χ1v) is 10.1. The predicted molar refractivity (Wildman–Crippen MR) is 111 cm³/mol. The summed E-state index contributed by atoms with van der Waals surface area (Å²) in [7, 11) is 0. The Morgan fingerprint density at radius 2 is 1.62 bits per heavy atom. The molecule has 0 fully saturated rings. The lowest BCUT2D eigenvalue weighted by atomic mass is 9.67. The highest BCUT2D eigenvalue weighted by Crippen LogP contribution is 2.51. The number of benzene rings is 3. The maximum Gasteiger partial charge on any atom is 0.178 e. The van der Waals surface area contributed by atoms with Crippen LogP contribution < -0.4 is 4.74 Å². The highest BCUT2D eigenvalue weighted by Gasteiger charge is 2.47. The molecule has 1 atom stereocenters. The van der Waals surface area contributed by atoms with Crippen LogP contribution in [-0.4, -0.2) is 12.4 Å². The molecule has 0 aromatic heterocycles. The lowest BCUT2D eigenvalue weighted by Crippen LogP contribution is -2.41. The van der Waals surface area contributed by atoms with E-state index in [9.17, 15) is 4.79 Å². The van der Waals surface area contributed by atoms with Gasteiger partial charge in [0.15, 0.2) is 5.78 Å². The molecule has 4 heteroatoms. The Hall–Kier alpha value is -1.91. The molecule has 2 nitrogen and oxygen atoms in total. The summed E-state index contributed by atoms with van der Waals surface area (Å²) in [6.07, 6.45) is 2.70. The van der Waals surface area contributed by atoms with Gasteiger partial charge in [-0.25, -0.2) is 0 Å². The molecular weight excluding hydrogens is 456 g/mol. The lowest BCUT2D eigenvalue weighted by molar-refractivity contribution is 0.0874. The van der Waals surface area contributed by atoms with Gasteiger partial charge in [0, 0.05) is 31.9 Å². The molecule has 1 aliphatic carbocycles. The Bertz CT molecular complexity index is 1120. The highest BCUT2D eigenvalue weighted by atomic mass is 79.9. The standard InChI is InChI=1S/C22H14Br2O2/c23-18-11-17-20(15-7-3-1-5-13(15)18)26-10-9-22(17)12-19(24)14-6-2-4-8-16(14)21(22)25/h1-8,11-12H,9-10H2. The number of carbonyl (C=O) groups excluding carboxylic acids is 1. The molecule has 3 aromatic rings. The molecule has 0 radical (unpaired) electrons. The van der Waals surface area contributed by atoms with Gasteiger partial charge in [0.2, 0.25) is 0 Å². The smallest absolute Gasteiger partial charge is 0.178 e. The number of halogens is 2. The normalized spacial score (nSPS) is 21.2. The Kier molecular flexibility index (Phi) is 3.63. The zero-order valence-electron chi connectivity index (χ0n) is 13.8. The van der Waals surface area contributed by atoms with Crippen molar-refractivity contribution < 1.29 is 9.53 Å². The molecule has 0 saturated carbocycles. The van der Waals surface area contributed by atoms with Gasteiger partial charge < -0.3 is 4.74 Å². The second-order valence-electron chi connectivity index (χ2n) is 6.72. The van der Waals surface area contributed by atoms with Gasteiger partial charge in [0.1, 0.15) is 5.75 Å². The fourth-order valence-corrected chi connectivity index (χ4v) is 5.43. The minimum absolute atomic E-state index is 0.142. The largest absolute Gasteiger partial charge is 0.493 e. The second kappa shape index (κ2) is 5.80.